The zero-order valence-electron chi connectivity index (χ0n) is 23.1. The topological polar surface area (TPSA) is 0 Å². The Balaban J connectivity index is 1.68. The third-order valence-electron chi connectivity index (χ3n) is 10.5. The first-order chi connectivity index (χ1) is 15.1. The fourth-order valence-electron chi connectivity index (χ4n) is 7.87. The second-order valence-electron chi connectivity index (χ2n) is 13.7. The number of piperidine rings is 3. The Labute approximate surface area is 202 Å². The summed E-state index contributed by atoms with van der Waals surface area (Å²) in [6, 6.07) is 0.824. The van der Waals surface area contributed by atoms with Crippen LogP contribution in [0.2, 0.25) is 0 Å². The van der Waals surface area contributed by atoms with Gasteiger partial charge in [-0.2, -0.15) is 0 Å². The molecule has 1 atom stereocenters. The Bertz CT molecular complexity index is 549. The highest BCUT2D eigenvalue weighted by Crippen LogP contribution is 2.36. The normalized spacial score (nSPS) is 26.7. The predicted molar refractivity (Wildman–Crippen MR) is 140 cm³/mol. The molecule has 0 bridgehead atoms. The number of nitrogens with zero attached hydrogens (tertiary/aromatic N) is 3. The van der Waals surface area contributed by atoms with Crippen LogP contribution >= 0.6 is 0 Å². The lowest BCUT2D eigenvalue weighted by Gasteiger charge is -2.54. The van der Waals surface area contributed by atoms with Crippen LogP contribution in [0.3, 0.4) is 0 Å². The first kappa shape index (κ1) is 26.5. The van der Waals surface area contributed by atoms with E-state index in [1.165, 1.54) is 143 Å². The van der Waals surface area contributed by atoms with E-state index in [4.69, 9.17) is 0 Å². The molecular formula is C29H60N3+3. The van der Waals surface area contributed by atoms with Crippen LogP contribution in [0.15, 0.2) is 0 Å². The van der Waals surface area contributed by atoms with E-state index in [2.05, 4.69) is 41.7 Å². The lowest BCUT2D eigenvalue weighted by molar-refractivity contribution is -0.990. The third-order valence-corrected chi connectivity index (χ3v) is 10.5. The fraction of sp³-hybridized carbons (Fsp3) is 1.00. The van der Waals surface area contributed by atoms with Gasteiger partial charge in [-0.15, -0.1) is 0 Å². The van der Waals surface area contributed by atoms with Gasteiger partial charge >= 0.3 is 0 Å². The SMILES string of the molecule is CC(C)C[N+]1(CCC(C)(C)[N+]2(CCC(C)[N+]3(C)CCCCC3)CCCCC2)CCCCC1. The largest absolute Gasteiger partial charge is 0.324 e. The average molecular weight is 451 g/mol. The van der Waals surface area contributed by atoms with Gasteiger partial charge in [0.05, 0.1) is 84.0 Å². The summed E-state index contributed by atoms with van der Waals surface area (Å²) in [6.45, 7) is 25.7. The maximum Gasteiger partial charge on any atom is 0.0989 e. The van der Waals surface area contributed by atoms with Crippen LogP contribution in [0.4, 0.5) is 0 Å². The molecule has 0 N–H and O–H groups in total. The molecule has 3 fully saturated rings. The van der Waals surface area contributed by atoms with Gasteiger partial charge in [0.1, 0.15) is 0 Å². The van der Waals surface area contributed by atoms with E-state index in [1.807, 2.05) is 0 Å². The molecule has 1 unspecified atom stereocenters. The second kappa shape index (κ2) is 11.1. The molecule has 0 spiro atoms. The van der Waals surface area contributed by atoms with Crippen molar-refractivity contribution < 1.29 is 13.4 Å². The van der Waals surface area contributed by atoms with Gasteiger partial charge in [0, 0.05) is 12.3 Å². The molecule has 3 aliphatic rings. The van der Waals surface area contributed by atoms with Crippen molar-refractivity contribution in [3.63, 3.8) is 0 Å². The zero-order valence-corrected chi connectivity index (χ0v) is 23.1. The maximum atomic E-state index is 2.66. The van der Waals surface area contributed by atoms with Gasteiger partial charge in [-0.3, -0.25) is 0 Å². The number of quaternary nitrogens is 3. The molecule has 3 nitrogen and oxygen atoms in total. The Morgan fingerprint density at radius 2 is 1.16 bits per heavy atom. The van der Waals surface area contributed by atoms with Crippen molar-refractivity contribution in [1.82, 2.24) is 0 Å². The van der Waals surface area contributed by atoms with Gasteiger partial charge in [0.15, 0.2) is 0 Å². The summed E-state index contributed by atoms with van der Waals surface area (Å²) in [7, 11) is 2.56. The molecule has 0 aromatic heterocycles. The van der Waals surface area contributed by atoms with Crippen molar-refractivity contribution in [2.45, 2.75) is 117 Å². The van der Waals surface area contributed by atoms with Gasteiger partial charge < -0.3 is 13.4 Å². The minimum absolute atomic E-state index is 0.417. The third kappa shape index (κ3) is 6.30. The molecule has 0 saturated carbocycles. The van der Waals surface area contributed by atoms with Crippen molar-refractivity contribution in [2.24, 2.45) is 5.92 Å². The van der Waals surface area contributed by atoms with Crippen molar-refractivity contribution in [1.29, 1.82) is 0 Å². The number of hydrogen-bond acceptors (Lipinski definition) is 0. The maximum absolute atomic E-state index is 2.66. The summed E-state index contributed by atoms with van der Waals surface area (Å²) in [5, 5.41) is 0. The summed E-state index contributed by atoms with van der Waals surface area (Å²) in [5.41, 5.74) is 0.417. The van der Waals surface area contributed by atoms with E-state index < -0.39 is 0 Å². The highest BCUT2D eigenvalue weighted by atomic mass is 15.4. The zero-order chi connectivity index (χ0) is 23.3. The molecule has 3 heteroatoms. The van der Waals surface area contributed by atoms with Crippen molar-refractivity contribution in [2.75, 3.05) is 66.0 Å². The highest BCUT2D eigenvalue weighted by molar-refractivity contribution is 4.76. The minimum atomic E-state index is 0.417. The van der Waals surface area contributed by atoms with Gasteiger partial charge in [0.2, 0.25) is 0 Å². The Hall–Kier alpha value is -0.120. The summed E-state index contributed by atoms with van der Waals surface area (Å²) in [4.78, 5) is 0. The Morgan fingerprint density at radius 1 is 0.656 bits per heavy atom. The van der Waals surface area contributed by atoms with Crippen LogP contribution in [0.5, 0.6) is 0 Å². The van der Waals surface area contributed by atoms with Gasteiger partial charge in [-0.25, -0.2) is 0 Å². The molecule has 0 aromatic rings. The summed E-state index contributed by atoms with van der Waals surface area (Å²) in [6.07, 6.45) is 16.0. The molecule has 3 heterocycles. The van der Waals surface area contributed by atoms with E-state index in [-0.39, 0.29) is 0 Å². The Morgan fingerprint density at radius 3 is 1.69 bits per heavy atom. The first-order valence-electron chi connectivity index (χ1n) is 14.7. The van der Waals surface area contributed by atoms with E-state index >= 15 is 0 Å². The summed E-state index contributed by atoms with van der Waals surface area (Å²) >= 11 is 0. The van der Waals surface area contributed by atoms with Crippen LogP contribution in [0.25, 0.3) is 0 Å². The standard InChI is InChI=1S/C29H60N3/c1-27(2)26-31(20-12-8-13-21-31)25-17-29(4,5)32(22-14-9-15-23-32)24-16-28(3)30(6)18-10-7-11-19-30/h27-28H,7-26H2,1-6H3/q+3. The van der Waals surface area contributed by atoms with Crippen LogP contribution < -0.4 is 0 Å². The van der Waals surface area contributed by atoms with Crippen molar-refractivity contribution >= 4 is 0 Å². The number of likely N-dealkylation sites (tertiary alicyclic amines) is 3. The van der Waals surface area contributed by atoms with E-state index in [0.29, 0.717) is 5.54 Å². The summed E-state index contributed by atoms with van der Waals surface area (Å²) in [5.74, 6) is 0.823. The van der Waals surface area contributed by atoms with Gasteiger partial charge in [-0.1, -0.05) is 13.8 Å². The van der Waals surface area contributed by atoms with Crippen molar-refractivity contribution in [3.05, 3.63) is 0 Å². The molecule has 0 amide bonds. The average Bonchev–Trinajstić information content (AvgIpc) is 2.77. The lowest BCUT2D eigenvalue weighted by atomic mass is 9.88. The second-order valence-corrected chi connectivity index (χ2v) is 13.7. The predicted octanol–water partition coefficient (Wildman–Crippen LogP) is 6.22. The van der Waals surface area contributed by atoms with E-state index in [1.54, 1.807) is 0 Å². The first-order valence-corrected chi connectivity index (χ1v) is 14.7. The van der Waals surface area contributed by atoms with Crippen LogP contribution in [-0.2, 0) is 0 Å². The van der Waals surface area contributed by atoms with Gasteiger partial charge in [-0.05, 0) is 78.6 Å². The molecule has 3 saturated heterocycles. The minimum Gasteiger partial charge on any atom is -0.324 e. The molecular weight excluding hydrogens is 390 g/mol. The molecule has 0 aliphatic carbocycles. The van der Waals surface area contributed by atoms with E-state index in [0.717, 1.165) is 12.0 Å². The molecule has 0 aromatic carbocycles. The quantitative estimate of drug-likeness (QED) is 0.346. The molecule has 0 radical (unpaired) electrons. The smallest absolute Gasteiger partial charge is 0.0989 e. The van der Waals surface area contributed by atoms with Crippen molar-refractivity contribution in [3.8, 4) is 0 Å². The molecule has 3 aliphatic heterocycles. The van der Waals surface area contributed by atoms with Gasteiger partial charge in [0.25, 0.3) is 0 Å². The monoisotopic (exact) mass is 450 g/mol. The summed E-state index contributed by atoms with van der Waals surface area (Å²) < 4.78 is 4.18. The Kier molecular flexibility index (Phi) is 9.17. The molecule has 32 heavy (non-hydrogen) atoms. The molecule has 188 valence electrons. The van der Waals surface area contributed by atoms with Crippen LogP contribution in [0.1, 0.15) is 105 Å². The van der Waals surface area contributed by atoms with Crippen LogP contribution in [-0.4, -0.2) is 91.0 Å². The lowest BCUT2D eigenvalue weighted by Crippen LogP contribution is -2.67. The highest BCUT2D eigenvalue weighted by Gasteiger charge is 2.47. The van der Waals surface area contributed by atoms with E-state index in [9.17, 15) is 0 Å². The molecule has 3 rings (SSSR count). The fourth-order valence-corrected chi connectivity index (χ4v) is 7.87. The van der Waals surface area contributed by atoms with Crippen LogP contribution in [0, 0.1) is 5.92 Å². The number of rotatable bonds is 10. The number of hydrogen-bond donors (Lipinski definition) is 0.